The van der Waals surface area contributed by atoms with Gasteiger partial charge in [-0.1, -0.05) is 12.1 Å². The lowest BCUT2D eigenvalue weighted by Crippen LogP contribution is -2.13. The summed E-state index contributed by atoms with van der Waals surface area (Å²) in [4.78, 5) is 17.6. The third-order valence-corrected chi connectivity index (χ3v) is 4.91. The molecular formula is C19H20N2O3. The monoisotopic (exact) mass is 324 g/mol. The van der Waals surface area contributed by atoms with Crippen LogP contribution in [0.1, 0.15) is 12.0 Å². The van der Waals surface area contributed by atoms with E-state index in [1.165, 1.54) is 5.56 Å². The highest BCUT2D eigenvalue weighted by molar-refractivity contribution is 5.73. The zero-order chi connectivity index (χ0) is 16.7. The minimum absolute atomic E-state index is 0.153. The first-order valence-corrected chi connectivity index (χ1v) is 8.28. The first-order valence-electron chi connectivity index (χ1n) is 8.28. The van der Waals surface area contributed by atoms with Crippen LogP contribution in [0, 0.1) is 11.8 Å². The minimum atomic E-state index is -0.714. The normalized spacial score (nSPS) is 21.5. The van der Waals surface area contributed by atoms with Crippen molar-refractivity contribution in [2.75, 3.05) is 25.1 Å². The fourth-order valence-electron chi connectivity index (χ4n) is 3.26. The van der Waals surface area contributed by atoms with Crippen LogP contribution in [-0.2, 0) is 11.2 Å². The molecule has 5 nitrogen and oxygen atoms in total. The number of anilines is 1. The first kappa shape index (κ1) is 15.0. The SMILES string of the molecule is CN1CCc2cc(-c3ccc(OC[C@@H]4C[C@H]4C(=O)O)cc3)cnc21. The lowest BCUT2D eigenvalue weighted by molar-refractivity contribution is -0.138. The molecule has 4 rings (SSSR count). The molecular weight excluding hydrogens is 304 g/mol. The molecule has 0 radical (unpaired) electrons. The molecule has 1 fully saturated rings. The van der Waals surface area contributed by atoms with Gasteiger partial charge in [-0.05, 0) is 42.2 Å². The maximum Gasteiger partial charge on any atom is 0.306 e. The molecule has 2 aliphatic rings. The van der Waals surface area contributed by atoms with E-state index in [0.717, 1.165) is 42.1 Å². The predicted octanol–water partition coefficient (Wildman–Crippen LogP) is 2.84. The molecule has 1 aromatic carbocycles. The lowest BCUT2D eigenvalue weighted by atomic mass is 10.1. The maximum absolute atomic E-state index is 10.8. The Morgan fingerprint density at radius 3 is 2.83 bits per heavy atom. The number of carbonyl (C=O) groups is 1. The van der Waals surface area contributed by atoms with Gasteiger partial charge in [0.2, 0.25) is 0 Å². The van der Waals surface area contributed by atoms with Crippen LogP contribution in [0.5, 0.6) is 5.75 Å². The minimum Gasteiger partial charge on any atom is -0.493 e. The Morgan fingerprint density at radius 1 is 1.33 bits per heavy atom. The molecule has 2 atom stereocenters. The maximum atomic E-state index is 10.8. The van der Waals surface area contributed by atoms with Crippen molar-refractivity contribution in [3.63, 3.8) is 0 Å². The molecule has 0 unspecified atom stereocenters. The fraction of sp³-hybridized carbons (Fsp3) is 0.368. The summed E-state index contributed by atoms with van der Waals surface area (Å²) < 4.78 is 5.70. The second kappa shape index (κ2) is 5.82. The molecule has 1 aliphatic carbocycles. The number of likely N-dealkylation sites (N-methyl/N-ethyl adjacent to an activating group) is 1. The van der Waals surface area contributed by atoms with Crippen LogP contribution in [0.25, 0.3) is 11.1 Å². The molecule has 1 saturated carbocycles. The summed E-state index contributed by atoms with van der Waals surface area (Å²) in [7, 11) is 2.07. The van der Waals surface area contributed by atoms with Crippen LogP contribution in [0.15, 0.2) is 36.5 Å². The van der Waals surface area contributed by atoms with Crippen molar-refractivity contribution in [2.24, 2.45) is 11.8 Å². The summed E-state index contributed by atoms with van der Waals surface area (Å²) in [6, 6.07) is 10.1. The van der Waals surface area contributed by atoms with Crippen LogP contribution in [0.3, 0.4) is 0 Å². The number of hydrogen-bond acceptors (Lipinski definition) is 4. The number of fused-ring (bicyclic) bond motifs is 1. The predicted molar refractivity (Wildman–Crippen MR) is 91.4 cm³/mol. The highest BCUT2D eigenvalue weighted by Crippen LogP contribution is 2.39. The van der Waals surface area contributed by atoms with Gasteiger partial charge in [-0.25, -0.2) is 4.98 Å². The van der Waals surface area contributed by atoms with Crippen molar-refractivity contribution in [3.05, 3.63) is 42.1 Å². The Balaban J connectivity index is 1.42. The van der Waals surface area contributed by atoms with Gasteiger partial charge in [0, 0.05) is 31.3 Å². The Kier molecular flexibility index (Phi) is 3.63. The Hall–Kier alpha value is -2.56. The van der Waals surface area contributed by atoms with Crippen LogP contribution in [0.2, 0.25) is 0 Å². The second-order valence-corrected chi connectivity index (χ2v) is 6.65. The number of carboxylic acid groups (broad SMARTS) is 1. The molecule has 1 aromatic heterocycles. The average Bonchev–Trinajstić information content (AvgIpc) is 3.30. The van der Waals surface area contributed by atoms with Crippen LogP contribution < -0.4 is 9.64 Å². The van der Waals surface area contributed by atoms with Gasteiger partial charge in [0.1, 0.15) is 11.6 Å². The molecule has 24 heavy (non-hydrogen) atoms. The van der Waals surface area contributed by atoms with Gasteiger partial charge in [0.05, 0.1) is 12.5 Å². The molecule has 0 amide bonds. The third kappa shape index (κ3) is 2.82. The topological polar surface area (TPSA) is 62.7 Å². The average molecular weight is 324 g/mol. The van der Waals surface area contributed by atoms with Crippen molar-refractivity contribution in [2.45, 2.75) is 12.8 Å². The molecule has 5 heteroatoms. The molecule has 0 bridgehead atoms. The summed E-state index contributed by atoms with van der Waals surface area (Å²) in [5.41, 5.74) is 3.52. The first-order chi connectivity index (χ1) is 11.6. The Bertz CT molecular complexity index is 773. The van der Waals surface area contributed by atoms with E-state index in [-0.39, 0.29) is 11.8 Å². The Morgan fingerprint density at radius 2 is 2.12 bits per heavy atom. The number of hydrogen-bond donors (Lipinski definition) is 1. The van der Waals surface area contributed by atoms with Gasteiger partial charge in [-0.3, -0.25) is 4.79 Å². The van der Waals surface area contributed by atoms with Crippen molar-refractivity contribution >= 4 is 11.8 Å². The van der Waals surface area contributed by atoms with E-state index in [9.17, 15) is 4.79 Å². The standard InChI is InChI=1S/C19H20N2O3/c1-21-7-6-13-8-14(10-20-18(13)21)12-2-4-16(5-3-12)24-11-15-9-17(15)19(22)23/h2-5,8,10,15,17H,6-7,9,11H2,1H3,(H,22,23)/t15-,17+/m0/s1. The zero-order valence-corrected chi connectivity index (χ0v) is 13.6. The highest BCUT2D eigenvalue weighted by Gasteiger charge is 2.43. The quantitative estimate of drug-likeness (QED) is 0.916. The molecule has 124 valence electrons. The van der Waals surface area contributed by atoms with Crippen molar-refractivity contribution in [3.8, 4) is 16.9 Å². The van der Waals surface area contributed by atoms with Gasteiger partial charge in [-0.2, -0.15) is 0 Å². The summed E-state index contributed by atoms with van der Waals surface area (Å²) in [6.45, 7) is 1.50. The summed E-state index contributed by atoms with van der Waals surface area (Å²) in [5.74, 6) is 1.08. The number of aliphatic carboxylic acids is 1. The summed E-state index contributed by atoms with van der Waals surface area (Å²) >= 11 is 0. The van der Waals surface area contributed by atoms with Crippen molar-refractivity contribution in [1.29, 1.82) is 0 Å². The highest BCUT2D eigenvalue weighted by atomic mass is 16.5. The number of benzene rings is 1. The van der Waals surface area contributed by atoms with Crippen LogP contribution in [0.4, 0.5) is 5.82 Å². The number of carboxylic acids is 1. The van der Waals surface area contributed by atoms with Crippen molar-refractivity contribution in [1.82, 2.24) is 4.98 Å². The largest absolute Gasteiger partial charge is 0.493 e. The summed E-state index contributed by atoms with van der Waals surface area (Å²) in [5, 5.41) is 8.90. The van der Waals surface area contributed by atoms with Crippen LogP contribution >= 0.6 is 0 Å². The molecule has 2 heterocycles. The van der Waals surface area contributed by atoms with Crippen LogP contribution in [-0.4, -0.2) is 36.3 Å². The molecule has 0 saturated heterocycles. The second-order valence-electron chi connectivity index (χ2n) is 6.65. The van der Waals surface area contributed by atoms with E-state index in [4.69, 9.17) is 9.84 Å². The van der Waals surface area contributed by atoms with E-state index < -0.39 is 5.97 Å². The van der Waals surface area contributed by atoms with E-state index in [0.29, 0.717) is 6.61 Å². The van der Waals surface area contributed by atoms with Gasteiger partial charge in [-0.15, -0.1) is 0 Å². The van der Waals surface area contributed by atoms with E-state index in [1.807, 2.05) is 30.5 Å². The van der Waals surface area contributed by atoms with E-state index in [1.54, 1.807) is 0 Å². The number of nitrogens with zero attached hydrogens (tertiary/aromatic N) is 2. The third-order valence-electron chi connectivity index (χ3n) is 4.91. The molecule has 1 aliphatic heterocycles. The van der Waals surface area contributed by atoms with Gasteiger partial charge in [0.25, 0.3) is 0 Å². The van der Waals surface area contributed by atoms with Gasteiger partial charge in [0.15, 0.2) is 0 Å². The lowest BCUT2D eigenvalue weighted by Gasteiger charge is -2.11. The van der Waals surface area contributed by atoms with E-state index >= 15 is 0 Å². The smallest absolute Gasteiger partial charge is 0.306 e. The molecule has 2 aromatic rings. The van der Waals surface area contributed by atoms with E-state index in [2.05, 4.69) is 23.0 Å². The fourth-order valence-corrected chi connectivity index (χ4v) is 3.26. The zero-order valence-electron chi connectivity index (χ0n) is 13.6. The number of aromatic nitrogens is 1. The Labute approximate surface area is 140 Å². The number of rotatable bonds is 5. The van der Waals surface area contributed by atoms with Gasteiger partial charge < -0.3 is 14.7 Å². The molecule has 1 N–H and O–H groups in total. The number of ether oxygens (including phenoxy) is 1. The number of pyridine rings is 1. The van der Waals surface area contributed by atoms with Gasteiger partial charge >= 0.3 is 5.97 Å². The van der Waals surface area contributed by atoms with Crippen molar-refractivity contribution < 1.29 is 14.6 Å². The summed E-state index contributed by atoms with van der Waals surface area (Å²) in [6.07, 6.45) is 3.68. The molecule has 0 spiro atoms.